The van der Waals surface area contributed by atoms with Crippen molar-refractivity contribution in [3.05, 3.63) is 101 Å². The van der Waals surface area contributed by atoms with Crippen LogP contribution >= 0.6 is 0 Å². The SMILES string of the molecule is CCNC(=O)C(Cc1ccccc1)N(Cc1ccccc1C)C(=O)Cc1ccc(OC)cc1. The molecule has 1 N–H and O–H groups in total. The third-order valence-electron chi connectivity index (χ3n) is 5.74. The lowest BCUT2D eigenvalue weighted by Crippen LogP contribution is -2.51. The van der Waals surface area contributed by atoms with E-state index in [0.717, 1.165) is 28.0 Å². The highest BCUT2D eigenvalue weighted by Crippen LogP contribution is 2.19. The van der Waals surface area contributed by atoms with E-state index in [1.807, 2.05) is 92.7 Å². The van der Waals surface area contributed by atoms with E-state index in [9.17, 15) is 9.59 Å². The van der Waals surface area contributed by atoms with Gasteiger partial charge in [0.1, 0.15) is 11.8 Å². The van der Waals surface area contributed by atoms with Crippen molar-refractivity contribution in [1.82, 2.24) is 10.2 Å². The van der Waals surface area contributed by atoms with E-state index in [0.29, 0.717) is 19.5 Å². The lowest BCUT2D eigenvalue weighted by Gasteiger charge is -2.32. The molecule has 0 bridgehead atoms. The van der Waals surface area contributed by atoms with Crippen molar-refractivity contribution in [2.24, 2.45) is 0 Å². The number of likely N-dealkylation sites (N-methyl/N-ethyl adjacent to an activating group) is 1. The molecule has 3 aromatic carbocycles. The highest BCUT2D eigenvalue weighted by molar-refractivity contribution is 5.88. The summed E-state index contributed by atoms with van der Waals surface area (Å²) in [5.41, 5.74) is 4.02. The molecule has 0 heterocycles. The van der Waals surface area contributed by atoms with Gasteiger partial charge in [0.05, 0.1) is 13.5 Å². The summed E-state index contributed by atoms with van der Waals surface area (Å²) in [4.78, 5) is 28.5. The summed E-state index contributed by atoms with van der Waals surface area (Å²) in [6.45, 7) is 4.80. The molecule has 2 amide bonds. The smallest absolute Gasteiger partial charge is 0.243 e. The zero-order chi connectivity index (χ0) is 23.6. The van der Waals surface area contributed by atoms with E-state index in [4.69, 9.17) is 4.74 Å². The number of rotatable bonds is 10. The van der Waals surface area contributed by atoms with Gasteiger partial charge in [-0.3, -0.25) is 9.59 Å². The summed E-state index contributed by atoms with van der Waals surface area (Å²) in [5, 5.41) is 2.93. The Kier molecular flexibility index (Phi) is 8.64. The fraction of sp³-hybridized carbons (Fsp3) is 0.286. The quantitative estimate of drug-likeness (QED) is 0.507. The summed E-state index contributed by atoms with van der Waals surface area (Å²) >= 11 is 0. The maximum absolute atomic E-state index is 13.6. The first-order chi connectivity index (χ1) is 16.0. The molecule has 5 nitrogen and oxygen atoms in total. The van der Waals surface area contributed by atoms with Gasteiger partial charge in [-0.1, -0.05) is 66.7 Å². The van der Waals surface area contributed by atoms with Crippen molar-refractivity contribution in [1.29, 1.82) is 0 Å². The predicted octanol–water partition coefficient (Wildman–Crippen LogP) is 4.32. The number of aryl methyl sites for hydroxylation is 1. The second kappa shape index (κ2) is 11.9. The van der Waals surface area contributed by atoms with Gasteiger partial charge in [-0.25, -0.2) is 0 Å². The zero-order valence-corrected chi connectivity index (χ0v) is 19.6. The first-order valence-electron chi connectivity index (χ1n) is 11.3. The van der Waals surface area contributed by atoms with Crippen LogP contribution in [-0.2, 0) is 29.0 Å². The number of benzene rings is 3. The molecule has 0 aliphatic carbocycles. The van der Waals surface area contributed by atoms with Crippen molar-refractivity contribution < 1.29 is 14.3 Å². The number of carbonyl (C=O) groups is 2. The van der Waals surface area contributed by atoms with Crippen LogP contribution in [0.5, 0.6) is 5.75 Å². The zero-order valence-electron chi connectivity index (χ0n) is 19.6. The Balaban J connectivity index is 1.94. The topological polar surface area (TPSA) is 58.6 Å². The highest BCUT2D eigenvalue weighted by Gasteiger charge is 2.30. The molecule has 0 saturated carbocycles. The van der Waals surface area contributed by atoms with Gasteiger partial charge in [0, 0.05) is 19.5 Å². The molecule has 0 saturated heterocycles. The summed E-state index contributed by atoms with van der Waals surface area (Å²) < 4.78 is 5.23. The number of methoxy groups -OCH3 is 1. The van der Waals surface area contributed by atoms with Crippen LogP contribution in [-0.4, -0.2) is 36.4 Å². The number of hydrogen-bond acceptors (Lipinski definition) is 3. The Morgan fingerprint density at radius 2 is 1.58 bits per heavy atom. The van der Waals surface area contributed by atoms with Crippen molar-refractivity contribution >= 4 is 11.8 Å². The van der Waals surface area contributed by atoms with Gasteiger partial charge in [0.2, 0.25) is 11.8 Å². The van der Waals surface area contributed by atoms with E-state index >= 15 is 0 Å². The molecule has 1 atom stereocenters. The third-order valence-corrected chi connectivity index (χ3v) is 5.74. The monoisotopic (exact) mass is 444 g/mol. The van der Waals surface area contributed by atoms with Crippen LogP contribution < -0.4 is 10.1 Å². The summed E-state index contributed by atoms with van der Waals surface area (Å²) in [5.74, 6) is 0.515. The minimum atomic E-state index is -0.613. The average molecular weight is 445 g/mol. The van der Waals surface area contributed by atoms with Crippen molar-refractivity contribution in [3.8, 4) is 5.75 Å². The van der Waals surface area contributed by atoms with Crippen molar-refractivity contribution in [3.63, 3.8) is 0 Å². The third kappa shape index (κ3) is 6.69. The second-order valence-electron chi connectivity index (χ2n) is 8.07. The molecule has 0 aromatic heterocycles. The first kappa shape index (κ1) is 24.1. The maximum atomic E-state index is 13.6. The summed E-state index contributed by atoms with van der Waals surface area (Å²) in [6.07, 6.45) is 0.660. The minimum Gasteiger partial charge on any atom is -0.497 e. The molecule has 0 aliphatic rings. The van der Waals surface area contributed by atoms with Crippen molar-refractivity contribution in [2.75, 3.05) is 13.7 Å². The van der Waals surface area contributed by atoms with Crippen LogP contribution in [0, 0.1) is 6.92 Å². The molecule has 5 heteroatoms. The highest BCUT2D eigenvalue weighted by atomic mass is 16.5. The molecule has 0 fully saturated rings. The van der Waals surface area contributed by atoms with Crippen LogP contribution in [0.3, 0.4) is 0 Å². The van der Waals surface area contributed by atoms with E-state index in [-0.39, 0.29) is 18.2 Å². The molecule has 1 unspecified atom stereocenters. The van der Waals surface area contributed by atoms with Crippen LogP contribution in [0.15, 0.2) is 78.9 Å². The molecule has 0 spiro atoms. The number of ether oxygens (including phenoxy) is 1. The lowest BCUT2D eigenvalue weighted by molar-refractivity contribution is -0.140. The minimum absolute atomic E-state index is 0.0874. The van der Waals surface area contributed by atoms with Gasteiger partial charge in [0.15, 0.2) is 0 Å². The van der Waals surface area contributed by atoms with Crippen LogP contribution in [0.1, 0.15) is 29.2 Å². The van der Waals surface area contributed by atoms with Gasteiger partial charge in [0.25, 0.3) is 0 Å². The first-order valence-corrected chi connectivity index (χ1v) is 11.3. The molecule has 0 radical (unpaired) electrons. The molecule has 3 rings (SSSR count). The Bertz CT molecular complexity index is 1050. The molecular weight excluding hydrogens is 412 g/mol. The number of amides is 2. The summed E-state index contributed by atoms with van der Waals surface area (Å²) in [6, 6.07) is 24.7. The molecule has 33 heavy (non-hydrogen) atoms. The normalized spacial score (nSPS) is 11.5. The van der Waals surface area contributed by atoms with Crippen LogP contribution in [0.4, 0.5) is 0 Å². The second-order valence-corrected chi connectivity index (χ2v) is 8.07. The number of hydrogen-bond donors (Lipinski definition) is 1. The van der Waals surface area contributed by atoms with E-state index in [2.05, 4.69) is 5.32 Å². The standard InChI is InChI=1S/C28H32N2O3/c1-4-29-28(32)26(18-22-11-6-5-7-12-22)30(20-24-13-9-8-10-21(24)2)27(31)19-23-14-16-25(33-3)17-15-23/h5-17,26H,4,18-20H2,1-3H3,(H,29,32). The lowest BCUT2D eigenvalue weighted by atomic mass is 10.0. The van der Waals surface area contributed by atoms with Crippen molar-refractivity contribution in [2.45, 2.75) is 39.3 Å². The van der Waals surface area contributed by atoms with Gasteiger partial charge in [-0.15, -0.1) is 0 Å². The number of nitrogens with one attached hydrogen (secondary N) is 1. The fourth-order valence-corrected chi connectivity index (χ4v) is 3.84. The maximum Gasteiger partial charge on any atom is 0.243 e. The Morgan fingerprint density at radius 1 is 0.909 bits per heavy atom. The van der Waals surface area contributed by atoms with Crippen LogP contribution in [0.2, 0.25) is 0 Å². The Morgan fingerprint density at radius 3 is 2.21 bits per heavy atom. The largest absolute Gasteiger partial charge is 0.497 e. The van der Waals surface area contributed by atoms with E-state index in [1.54, 1.807) is 12.0 Å². The van der Waals surface area contributed by atoms with Gasteiger partial charge in [-0.05, 0) is 48.2 Å². The number of nitrogens with zero attached hydrogens (tertiary/aromatic N) is 1. The average Bonchev–Trinajstić information content (AvgIpc) is 2.83. The Labute approximate surface area is 196 Å². The van der Waals surface area contributed by atoms with Crippen LogP contribution in [0.25, 0.3) is 0 Å². The fourth-order valence-electron chi connectivity index (χ4n) is 3.84. The Hall–Kier alpha value is -3.60. The van der Waals surface area contributed by atoms with E-state index in [1.165, 1.54) is 0 Å². The predicted molar refractivity (Wildman–Crippen MR) is 131 cm³/mol. The van der Waals surface area contributed by atoms with Gasteiger partial charge in [-0.2, -0.15) is 0 Å². The summed E-state index contributed by atoms with van der Waals surface area (Å²) in [7, 11) is 1.62. The van der Waals surface area contributed by atoms with Gasteiger partial charge >= 0.3 is 0 Å². The number of carbonyl (C=O) groups excluding carboxylic acids is 2. The molecule has 0 aliphatic heterocycles. The molecule has 3 aromatic rings. The van der Waals surface area contributed by atoms with E-state index < -0.39 is 6.04 Å². The van der Waals surface area contributed by atoms with Gasteiger partial charge < -0.3 is 15.0 Å². The molecule has 172 valence electrons. The molecular formula is C28H32N2O3.